The van der Waals surface area contributed by atoms with E-state index in [1.807, 2.05) is 0 Å². The van der Waals surface area contributed by atoms with Gasteiger partial charge < -0.3 is 15.5 Å². The molecule has 1 aromatic carbocycles. The Morgan fingerprint density at radius 2 is 1.86 bits per heavy atom. The first kappa shape index (κ1) is 15.3. The van der Waals surface area contributed by atoms with Crippen LogP contribution in [0.1, 0.15) is 30.9 Å². The van der Waals surface area contributed by atoms with E-state index in [0.29, 0.717) is 0 Å². The quantitative estimate of drug-likeness (QED) is 0.908. The van der Waals surface area contributed by atoms with E-state index in [4.69, 9.17) is 10.2 Å². The number of anilines is 1. The highest BCUT2D eigenvalue weighted by molar-refractivity contribution is 5.33. The van der Waals surface area contributed by atoms with Crippen LogP contribution in [0.3, 0.4) is 0 Å². The third kappa shape index (κ3) is 3.72. The smallest absolute Gasteiger partial charge is 0.406 e. The molecule has 0 aliphatic heterocycles. The van der Waals surface area contributed by atoms with E-state index < -0.39 is 17.3 Å². The molecule has 0 spiro atoms. The molecule has 1 heterocycles. The molecule has 0 unspecified atom stereocenters. The highest BCUT2D eigenvalue weighted by atomic mass is 19.4. The molecule has 0 saturated carbocycles. The van der Waals surface area contributed by atoms with E-state index in [1.54, 1.807) is 13.8 Å². The lowest BCUT2D eigenvalue weighted by molar-refractivity contribution is -0.138. The summed E-state index contributed by atoms with van der Waals surface area (Å²) in [7, 11) is 0. The van der Waals surface area contributed by atoms with Crippen LogP contribution in [-0.4, -0.2) is 10.2 Å². The lowest BCUT2D eigenvalue weighted by atomic mass is 10.1. The molecule has 1 aromatic heterocycles. The Morgan fingerprint density at radius 3 is 2.43 bits per heavy atom. The van der Waals surface area contributed by atoms with Crippen LogP contribution in [0.4, 0.5) is 19.2 Å². The Kier molecular flexibility index (Phi) is 3.91. The molecule has 0 bridgehead atoms. The molecule has 0 radical (unpaired) electrons. The van der Waals surface area contributed by atoms with Gasteiger partial charge in [-0.1, -0.05) is 23.3 Å². The van der Waals surface area contributed by atoms with Crippen molar-refractivity contribution in [3.8, 4) is 0 Å². The van der Waals surface area contributed by atoms with Crippen LogP contribution in [-0.2, 0) is 18.3 Å². The van der Waals surface area contributed by atoms with Crippen LogP contribution >= 0.6 is 0 Å². The molecule has 3 N–H and O–H groups in total. The number of benzene rings is 1. The monoisotopic (exact) mass is 300 g/mol. The molecule has 5 nitrogen and oxygen atoms in total. The van der Waals surface area contributed by atoms with Gasteiger partial charge in [-0.2, -0.15) is 13.2 Å². The second kappa shape index (κ2) is 5.36. The number of halogens is 3. The highest BCUT2D eigenvalue weighted by Crippen LogP contribution is 2.32. The number of hydrogen-bond donors (Lipinski definition) is 2. The van der Waals surface area contributed by atoms with Crippen molar-refractivity contribution < 1.29 is 17.6 Å². The molecule has 0 fully saturated rings. The van der Waals surface area contributed by atoms with Crippen molar-refractivity contribution in [2.45, 2.75) is 32.1 Å². The lowest BCUT2D eigenvalue weighted by Crippen LogP contribution is -2.29. The van der Waals surface area contributed by atoms with Crippen molar-refractivity contribution in [1.29, 1.82) is 0 Å². The number of nitrogens with zero attached hydrogens (tertiary/aromatic N) is 2. The minimum Gasteiger partial charge on any atom is -0.406 e. The van der Waals surface area contributed by atoms with Crippen LogP contribution in [0.2, 0.25) is 0 Å². The summed E-state index contributed by atoms with van der Waals surface area (Å²) in [5.74, 6) is 0.203. The Hall–Kier alpha value is -2.09. The Morgan fingerprint density at radius 1 is 1.19 bits per heavy atom. The molecule has 21 heavy (non-hydrogen) atoms. The molecule has 0 atom stereocenters. The largest absolute Gasteiger partial charge is 0.416 e. The zero-order valence-corrected chi connectivity index (χ0v) is 11.5. The number of hydrogen-bond acceptors (Lipinski definition) is 5. The Balaban J connectivity index is 2.12. The predicted octanol–water partition coefficient (Wildman–Crippen LogP) is 2.89. The standard InChI is InChI=1S/C13H15F3N4O/c1-12(2,17)10-19-20-11(21-10)18-7-8-5-3-4-6-9(8)13(14,15)16/h3-6H,7,17H2,1-2H3,(H,18,20). The average Bonchev–Trinajstić information content (AvgIpc) is 2.84. The van der Waals surface area contributed by atoms with Gasteiger partial charge in [0.15, 0.2) is 0 Å². The van der Waals surface area contributed by atoms with Gasteiger partial charge in [-0.15, -0.1) is 5.10 Å². The molecule has 2 aromatic rings. The molecule has 114 valence electrons. The molecule has 2 rings (SSSR count). The maximum atomic E-state index is 12.8. The van der Waals surface area contributed by atoms with Gasteiger partial charge in [0.2, 0.25) is 5.89 Å². The van der Waals surface area contributed by atoms with E-state index in [9.17, 15) is 13.2 Å². The second-order valence-corrected chi connectivity index (χ2v) is 5.14. The van der Waals surface area contributed by atoms with Crippen molar-refractivity contribution in [1.82, 2.24) is 10.2 Å². The van der Waals surface area contributed by atoms with Crippen LogP contribution in [0.25, 0.3) is 0 Å². The SMILES string of the molecule is CC(C)(N)c1nnc(NCc2ccccc2C(F)(F)F)o1. The van der Waals surface area contributed by atoms with E-state index in [1.165, 1.54) is 18.2 Å². The summed E-state index contributed by atoms with van der Waals surface area (Å²) in [6, 6.07) is 5.32. The topological polar surface area (TPSA) is 77.0 Å². The number of alkyl halides is 3. The molecule has 0 aliphatic carbocycles. The first-order chi connectivity index (χ1) is 9.68. The minimum atomic E-state index is -4.41. The highest BCUT2D eigenvalue weighted by Gasteiger charge is 2.32. The van der Waals surface area contributed by atoms with Gasteiger partial charge in [0.25, 0.3) is 0 Å². The van der Waals surface area contributed by atoms with Gasteiger partial charge in [-0.25, -0.2) is 0 Å². The summed E-state index contributed by atoms with van der Waals surface area (Å²) in [4.78, 5) is 0. The van der Waals surface area contributed by atoms with Gasteiger partial charge in [0.1, 0.15) is 0 Å². The number of nitrogens with two attached hydrogens (primary N) is 1. The maximum Gasteiger partial charge on any atom is 0.416 e. The molecule has 0 aliphatic rings. The van der Waals surface area contributed by atoms with Gasteiger partial charge in [-0.05, 0) is 25.5 Å². The third-order valence-electron chi connectivity index (χ3n) is 2.73. The summed E-state index contributed by atoms with van der Waals surface area (Å²) in [6.07, 6.45) is -4.41. The molecule has 0 amide bonds. The van der Waals surface area contributed by atoms with Crippen molar-refractivity contribution >= 4 is 6.01 Å². The van der Waals surface area contributed by atoms with E-state index >= 15 is 0 Å². The summed E-state index contributed by atoms with van der Waals surface area (Å²) in [6.45, 7) is 3.29. The molecular weight excluding hydrogens is 285 g/mol. The van der Waals surface area contributed by atoms with Crippen LogP contribution in [0, 0.1) is 0 Å². The van der Waals surface area contributed by atoms with Crippen molar-refractivity contribution in [2.24, 2.45) is 5.73 Å². The van der Waals surface area contributed by atoms with E-state index in [0.717, 1.165) is 6.07 Å². The zero-order chi connectivity index (χ0) is 15.7. The number of rotatable bonds is 4. The Bertz CT molecular complexity index is 616. The number of nitrogens with one attached hydrogen (secondary N) is 1. The fraction of sp³-hybridized carbons (Fsp3) is 0.385. The first-order valence-corrected chi connectivity index (χ1v) is 6.20. The van der Waals surface area contributed by atoms with Crippen LogP contribution in [0.5, 0.6) is 0 Å². The normalized spacial score (nSPS) is 12.5. The van der Waals surface area contributed by atoms with E-state index in [-0.39, 0.29) is 24.0 Å². The predicted molar refractivity (Wildman–Crippen MR) is 70.3 cm³/mol. The van der Waals surface area contributed by atoms with Crippen molar-refractivity contribution in [3.05, 3.63) is 41.3 Å². The van der Waals surface area contributed by atoms with Crippen LogP contribution in [0.15, 0.2) is 28.7 Å². The van der Waals surface area contributed by atoms with Crippen molar-refractivity contribution in [2.75, 3.05) is 5.32 Å². The Labute approximate surface area is 119 Å². The summed E-state index contributed by atoms with van der Waals surface area (Å²) in [5, 5.41) is 10.1. The zero-order valence-electron chi connectivity index (χ0n) is 11.5. The van der Waals surface area contributed by atoms with E-state index in [2.05, 4.69) is 15.5 Å². The van der Waals surface area contributed by atoms with Gasteiger partial charge in [-0.3, -0.25) is 0 Å². The minimum absolute atomic E-state index is 0.0282. The number of aromatic nitrogens is 2. The summed E-state index contributed by atoms with van der Waals surface area (Å²) in [5.41, 5.74) is 4.37. The average molecular weight is 300 g/mol. The first-order valence-electron chi connectivity index (χ1n) is 6.20. The fourth-order valence-corrected chi connectivity index (χ4v) is 1.68. The molecule has 0 saturated heterocycles. The van der Waals surface area contributed by atoms with Crippen molar-refractivity contribution in [3.63, 3.8) is 0 Å². The fourth-order valence-electron chi connectivity index (χ4n) is 1.68. The van der Waals surface area contributed by atoms with Gasteiger partial charge in [0, 0.05) is 6.54 Å². The lowest BCUT2D eigenvalue weighted by Gasteiger charge is -2.13. The summed E-state index contributed by atoms with van der Waals surface area (Å²) >= 11 is 0. The molecular formula is C13H15F3N4O. The summed E-state index contributed by atoms with van der Waals surface area (Å²) < 4.78 is 43.8. The maximum absolute atomic E-state index is 12.8. The molecule has 8 heteroatoms. The van der Waals surface area contributed by atoms with Gasteiger partial charge >= 0.3 is 12.2 Å². The van der Waals surface area contributed by atoms with Gasteiger partial charge in [0.05, 0.1) is 11.1 Å². The third-order valence-corrected chi connectivity index (χ3v) is 2.73. The van der Waals surface area contributed by atoms with Crippen LogP contribution < -0.4 is 11.1 Å². The second-order valence-electron chi connectivity index (χ2n) is 5.14.